The summed E-state index contributed by atoms with van der Waals surface area (Å²) < 4.78 is 5.53. The molecule has 2 rings (SSSR count). The highest BCUT2D eigenvalue weighted by Gasteiger charge is 2.22. The Morgan fingerprint density at radius 1 is 1.40 bits per heavy atom. The number of carbonyl (C=O) groups is 2. The van der Waals surface area contributed by atoms with Crippen molar-refractivity contribution in [1.29, 1.82) is 0 Å². The molecule has 1 unspecified atom stereocenters. The molecule has 0 spiro atoms. The monoisotopic (exact) mass is 275 g/mol. The molecule has 0 aliphatic carbocycles. The molecule has 1 aromatic rings. The van der Waals surface area contributed by atoms with Gasteiger partial charge in [-0.25, -0.2) is 0 Å². The number of ether oxygens (including phenoxy) is 1. The third kappa shape index (κ3) is 2.99. The van der Waals surface area contributed by atoms with Crippen LogP contribution in [0.15, 0.2) is 29.8 Å². The lowest BCUT2D eigenvalue weighted by molar-refractivity contribution is -0.142. The number of nitrogens with zero attached hydrogens (tertiary/aromatic N) is 1. The lowest BCUT2D eigenvalue weighted by Gasteiger charge is -2.23. The summed E-state index contributed by atoms with van der Waals surface area (Å²) in [6.07, 6.45) is 1.79. The summed E-state index contributed by atoms with van der Waals surface area (Å²) in [5.74, 6) is -0.955. The van der Waals surface area contributed by atoms with Crippen LogP contribution >= 0.6 is 0 Å². The molecule has 1 amide bonds. The number of hydrogen-bond donors (Lipinski definition) is 1. The molecule has 0 saturated heterocycles. The van der Waals surface area contributed by atoms with Crippen LogP contribution in [0.4, 0.5) is 0 Å². The van der Waals surface area contributed by atoms with E-state index in [0.717, 1.165) is 11.3 Å². The molecular weight excluding hydrogens is 258 g/mol. The molecule has 0 fully saturated rings. The summed E-state index contributed by atoms with van der Waals surface area (Å²) in [5.41, 5.74) is 1.39. The fourth-order valence-electron chi connectivity index (χ4n) is 2.06. The third-order valence-electron chi connectivity index (χ3n) is 3.22. The van der Waals surface area contributed by atoms with Gasteiger partial charge in [0.2, 0.25) is 0 Å². The minimum absolute atomic E-state index is 0.174. The van der Waals surface area contributed by atoms with Crippen molar-refractivity contribution >= 4 is 18.0 Å². The van der Waals surface area contributed by atoms with E-state index in [0.29, 0.717) is 5.57 Å². The second-order valence-electron chi connectivity index (χ2n) is 4.92. The van der Waals surface area contributed by atoms with E-state index in [1.807, 2.05) is 24.3 Å². The van der Waals surface area contributed by atoms with Crippen molar-refractivity contribution in [3.8, 4) is 5.75 Å². The van der Waals surface area contributed by atoms with Crippen LogP contribution < -0.4 is 4.74 Å². The number of carboxylic acid groups (broad SMARTS) is 1. The van der Waals surface area contributed by atoms with Crippen LogP contribution in [-0.4, -0.2) is 42.1 Å². The first-order valence-corrected chi connectivity index (χ1v) is 6.39. The molecule has 0 bridgehead atoms. The Bertz CT molecular complexity index is 565. The van der Waals surface area contributed by atoms with E-state index < -0.39 is 11.9 Å². The maximum Gasteiger partial charge on any atom is 0.308 e. The van der Waals surface area contributed by atoms with Gasteiger partial charge in [0.25, 0.3) is 5.91 Å². The second kappa shape index (κ2) is 5.77. The zero-order valence-electron chi connectivity index (χ0n) is 11.5. The highest BCUT2D eigenvalue weighted by Crippen LogP contribution is 2.26. The molecule has 1 N–H and O–H groups in total. The summed E-state index contributed by atoms with van der Waals surface area (Å²) >= 11 is 0. The zero-order chi connectivity index (χ0) is 14.7. The summed E-state index contributed by atoms with van der Waals surface area (Å²) in [7, 11) is 1.60. The molecule has 20 heavy (non-hydrogen) atoms. The fourth-order valence-corrected chi connectivity index (χ4v) is 2.06. The molecule has 0 aromatic heterocycles. The summed E-state index contributed by atoms with van der Waals surface area (Å²) in [6.45, 7) is 1.96. The summed E-state index contributed by atoms with van der Waals surface area (Å²) in [4.78, 5) is 24.5. The average molecular weight is 275 g/mol. The van der Waals surface area contributed by atoms with Crippen LogP contribution in [0, 0.1) is 5.92 Å². The first kappa shape index (κ1) is 14.1. The number of aliphatic carboxylic acids is 1. The van der Waals surface area contributed by atoms with Crippen molar-refractivity contribution in [1.82, 2.24) is 4.90 Å². The van der Waals surface area contributed by atoms with Crippen molar-refractivity contribution < 1.29 is 19.4 Å². The Morgan fingerprint density at radius 2 is 2.10 bits per heavy atom. The van der Waals surface area contributed by atoms with Gasteiger partial charge in [-0.15, -0.1) is 0 Å². The molecule has 1 aliphatic heterocycles. The van der Waals surface area contributed by atoms with E-state index in [4.69, 9.17) is 9.84 Å². The van der Waals surface area contributed by atoms with Crippen LogP contribution in [-0.2, 0) is 9.59 Å². The van der Waals surface area contributed by atoms with Gasteiger partial charge in [-0.1, -0.05) is 25.1 Å². The molecule has 1 aliphatic rings. The number of hydrogen-bond acceptors (Lipinski definition) is 3. The van der Waals surface area contributed by atoms with Gasteiger partial charge < -0.3 is 14.7 Å². The molecule has 5 heteroatoms. The van der Waals surface area contributed by atoms with Gasteiger partial charge in [0, 0.05) is 19.2 Å². The van der Waals surface area contributed by atoms with Gasteiger partial charge in [-0.05, 0) is 12.1 Å². The zero-order valence-corrected chi connectivity index (χ0v) is 11.5. The molecule has 1 heterocycles. The van der Waals surface area contributed by atoms with Gasteiger partial charge in [-0.3, -0.25) is 9.59 Å². The summed E-state index contributed by atoms with van der Waals surface area (Å²) in [5, 5.41) is 8.88. The Hall–Kier alpha value is -2.30. The van der Waals surface area contributed by atoms with Crippen LogP contribution in [0.3, 0.4) is 0 Å². The van der Waals surface area contributed by atoms with Crippen LogP contribution in [0.2, 0.25) is 0 Å². The number of carboxylic acids is 1. The maximum atomic E-state index is 12.3. The molecule has 0 saturated carbocycles. The second-order valence-corrected chi connectivity index (χ2v) is 4.92. The molecular formula is C15H17NO4. The van der Waals surface area contributed by atoms with Crippen LogP contribution in [0.1, 0.15) is 12.5 Å². The van der Waals surface area contributed by atoms with E-state index in [2.05, 4.69) is 0 Å². The molecule has 0 radical (unpaired) electrons. The van der Waals surface area contributed by atoms with E-state index in [-0.39, 0.29) is 19.1 Å². The van der Waals surface area contributed by atoms with Gasteiger partial charge in [0.1, 0.15) is 12.4 Å². The predicted molar refractivity (Wildman–Crippen MR) is 74.4 cm³/mol. The maximum absolute atomic E-state index is 12.3. The number of amides is 1. The number of fused-ring (bicyclic) bond motifs is 1. The molecule has 106 valence electrons. The Morgan fingerprint density at radius 3 is 2.80 bits per heavy atom. The van der Waals surface area contributed by atoms with Crippen LogP contribution in [0.5, 0.6) is 5.75 Å². The fraction of sp³-hybridized carbons (Fsp3) is 0.333. The SMILES string of the molecule is CC(CN(C)C(=O)C1=Cc2ccccc2OC1)C(=O)O. The standard InChI is InChI=1S/C15H17NO4/c1-10(15(18)19)8-16(2)14(17)12-7-11-5-3-4-6-13(11)20-9-12/h3-7,10H,8-9H2,1-2H3,(H,18,19). The van der Waals surface area contributed by atoms with Gasteiger partial charge in [-0.2, -0.15) is 0 Å². The predicted octanol–water partition coefficient (Wildman–Crippen LogP) is 1.64. The van der Waals surface area contributed by atoms with Gasteiger partial charge in [0.05, 0.1) is 11.5 Å². The third-order valence-corrected chi connectivity index (χ3v) is 3.22. The number of rotatable bonds is 4. The van der Waals surface area contributed by atoms with Gasteiger partial charge >= 0.3 is 5.97 Å². The van der Waals surface area contributed by atoms with E-state index in [1.54, 1.807) is 20.0 Å². The Labute approximate surface area is 117 Å². The largest absolute Gasteiger partial charge is 0.488 e. The number of para-hydroxylation sites is 1. The normalized spacial score (nSPS) is 14.6. The highest BCUT2D eigenvalue weighted by atomic mass is 16.5. The van der Waals surface area contributed by atoms with Crippen molar-refractivity contribution in [2.45, 2.75) is 6.92 Å². The number of carbonyl (C=O) groups excluding carboxylic acids is 1. The van der Waals surface area contributed by atoms with E-state index >= 15 is 0 Å². The van der Waals surface area contributed by atoms with E-state index in [1.165, 1.54) is 4.90 Å². The van der Waals surface area contributed by atoms with Crippen molar-refractivity contribution in [2.24, 2.45) is 5.92 Å². The van der Waals surface area contributed by atoms with Gasteiger partial charge in [0.15, 0.2) is 0 Å². The quantitative estimate of drug-likeness (QED) is 0.907. The molecule has 5 nitrogen and oxygen atoms in total. The van der Waals surface area contributed by atoms with Crippen LogP contribution in [0.25, 0.3) is 6.08 Å². The van der Waals surface area contributed by atoms with Crippen molar-refractivity contribution in [3.63, 3.8) is 0 Å². The Kier molecular flexibility index (Phi) is 4.08. The minimum Gasteiger partial charge on any atom is -0.488 e. The van der Waals surface area contributed by atoms with Crippen molar-refractivity contribution in [2.75, 3.05) is 20.2 Å². The smallest absolute Gasteiger partial charge is 0.308 e. The molecule has 1 aromatic carbocycles. The molecule has 1 atom stereocenters. The number of benzene rings is 1. The Balaban J connectivity index is 2.11. The first-order valence-electron chi connectivity index (χ1n) is 6.39. The lowest BCUT2D eigenvalue weighted by atomic mass is 10.1. The van der Waals surface area contributed by atoms with Crippen molar-refractivity contribution in [3.05, 3.63) is 35.4 Å². The summed E-state index contributed by atoms with van der Waals surface area (Å²) in [6, 6.07) is 7.48. The van der Waals surface area contributed by atoms with E-state index in [9.17, 15) is 9.59 Å². The topological polar surface area (TPSA) is 66.8 Å². The number of likely N-dealkylation sites (N-methyl/N-ethyl adjacent to an activating group) is 1. The minimum atomic E-state index is -0.913. The highest BCUT2D eigenvalue weighted by molar-refractivity contribution is 5.99. The average Bonchev–Trinajstić information content (AvgIpc) is 2.45. The first-order chi connectivity index (χ1) is 9.49. The lowest BCUT2D eigenvalue weighted by Crippen LogP contribution is -2.36.